The summed E-state index contributed by atoms with van der Waals surface area (Å²) in [4.78, 5) is 36.9. The van der Waals surface area contributed by atoms with E-state index in [1.165, 1.54) is 23.2 Å². The van der Waals surface area contributed by atoms with Crippen LogP contribution < -0.4 is 5.32 Å². The SMILES string of the molecule is CC(=O)N1CC(CC(=O)O)OB(O)C(NC(=O)Cc2cccs2)C1. The summed E-state index contributed by atoms with van der Waals surface area (Å²) in [7, 11) is -1.38. The Labute approximate surface area is 143 Å². The molecule has 1 aliphatic rings. The Morgan fingerprint density at radius 3 is 2.79 bits per heavy atom. The van der Waals surface area contributed by atoms with Crippen molar-refractivity contribution < 1.29 is 29.2 Å². The number of thiophene rings is 1. The topological polar surface area (TPSA) is 116 Å². The van der Waals surface area contributed by atoms with Gasteiger partial charge >= 0.3 is 13.1 Å². The van der Waals surface area contributed by atoms with Gasteiger partial charge in [-0.1, -0.05) is 6.07 Å². The average molecular weight is 354 g/mol. The van der Waals surface area contributed by atoms with Gasteiger partial charge in [0.1, 0.15) is 0 Å². The molecule has 24 heavy (non-hydrogen) atoms. The van der Waals surface area contributed by atoms with Crippen molar-refractivity contribution in [2.45, 2.75) is 31.8 Å². The summed E-state index contributed by atoms with van der Waals surface area (Å²) in [6, 6.07) is 3.67. The van der Waals surface area contributed by atoms with E-state index in [-0.39, 0.29) is 37.7 Å². The van der Waals surface area contributed by atoms with Crippen LogP contribution in [0.25, 0.3) is 0 Å². The molecule has 0 aliphatic carbocycles. The van der Waals surface area contributed by atoms with Crippen LogP contribution in [0.15, 0.2) is 17.5 Å². The number of amides is 2. The number of rotatable bonds is 5. The lowest BCUT2D eigenvalue weighted by atomic mass is 9.78. The van der Waals surface area contributed by atoms with Crippen molar-refractivity contribution in [2.75, 3.05) is 13.1 Å². The summed E-state index contributed by atoms with van der Waals surface area (Å²) in [6.45, 7) is 1.46. The van der Waals surface area contributed by atoms with Gasteiger partial charge in [0.25, 0.3) is 0 Å². The summed E-state index contributed by atoms with van der Waals surface area (Å²) >= 11 is 1.45. The minimum Gasteiger partial charge on any atom is -0.481 e. The zero-order valence-corrected chi connectivity index (χ0v) is 14.0. The standard InChI is InChI=1S/C14H19BN2O6S/c1-9(18)17-7-10(5-14(20)21)23-15(22)12(8-17)16-13(19)6-11-3-2-4-24-11/h2-4,10,12,22H,5-8H2,1H3,(H,16,19)(H,20,21). The maximum Gasteiger partial charge on any atom is 0.480 e. The third-order valence-electron chi connectivity index (χ3n) is 3.63. The van der Waals surface area contributed by atoms with Crippen molar-refractivity contribution >= 4 is 36.2 Å². The molecule has 0 radical (unpaired) electrons. The Hall–Kier alpha value is -1.91. The Kier molecular flexibility index (Phi) is 6.35. The fraction of sp³-hybridized carbons (Fsp3) is 0.500. The monoisotopic (exact) mass is 354 g/mol. The van der Waals surface area contributed by atoms with Gasteiger partial charge < -0.3 is 25.0 Å². The molecular formula is C14H19BN2O6S. The lowest BCUT2D eigenvalue weighted by Gasteiger charge is -2.24. The summed E-state index contributed by atoms with van der Waals surface area (Å²) < 4.78 is 5.32. The van der Waals surface area contributed by atoms with Crippen LogP contribution in [0.3, 0.4) is 0 Å². The Morgan fingerprint density at radius 1 is 1.46 bits per heavy atom. The van der Waals surface area contributed by atoms with Crippen LogP contribution >= 0.6 is 11.3 Å². The van der Waals surface area contributed by atoms with Crippen LogP contribution in [0.2, 0.25) is 0 Å². The minimum atomic E-state index is -1.38. The number of nitrogens with zero attached hydrogens (tertiary/aromatic N) is 1. The molecule has 1 fully saturated rings. The van der Waals surface area contributed by atoms with Crippen molar-refractivity contribution in [3.63, 3.8) is 0 Å². The van der Waals surface area contributed by atoms with Gasteiger partial charge in [-0.05, 0) is 11.4 Å². The number of hydrogen-bond acceptors (Lipinski definition) is 6. The minimum absolute atomic E-state index is 0.0516. The second-order valence-electron chi connectivity index (χ2n) is 5.60. The van der Waals surface area contributed by atoms with Crippen molar-refractivity contribution in [3.8, 4) is 0 Å². The van der Waals surface area contributed by atoms with Crippen LogP contribution in [-0.2, 0) is 25.5 Å². The molecule has 2 unspecified atom stereocenters. The molecule has 1 aromatic heterocycles. The normalized spacial score (nSPS) is 21.2. The number of carboxylic acids is 1. The molecule has 2 amide bonds. The van der Waals surface area contributed by atoms with Gasteiger partial charge in [0, 0.05) is 24.9 Å². The molecule has 10 heteroatoms. The van der Waals surface area contributed by atoms with Crippen molar-refractivity contribution in [1.82, 2.24) is 10.2 Å². The molecule has 130 valence electrons. The fourth-order valence-corrected chi connectivity index (χ4v) is 3.20. The van der Waals surface area contributed by atoms with Crippen LogP contribution in [-0.4, -0.2) is 65.1 Å². The highest BCUT2D eigenvalue weighted by Gasteiger charge is 2.38. The van der Waals surface area contributed by atoms with E-state index < -0.39 is 25.1 Å². The molecule has 1 aromatic rings. The van der Waals surface area contributed by atoms with Crippen molar-refractivity contribution in [1.29, 1.82) is 0 Å². The first-order valence-corrected chi connectivity index (χ1v) is 8.35. The van der Waals surface area contributed by atoms with Gasteiger partial charge in [0.2, 0.25) is 11.8 Å². The van der Waals surface area contributed by atoms with E-state index in [0.29, 0.717) is 0 Å². The second-order valence-corrected chi connectivity index (χ2v) is 6.63. The largest absolute Gasteiger partial charge is 0.481 e. The molecule has 2 heterocycles. The van der Waals surface area contributed by atoms with E-state index in [1.54, 1.807) is 0 Å². The first-order valence-electron chi connectivity index (χ1n) is 7.47. The quantitative estimate of drug-likeness (QED) is 0.615. The Bertz CT molecular complexity index is 596. The summed E-state index contributed by atoms with van der Waals surface area (Å²) in [5, 5.41) is 23.5. The second kappa shape index (κ2) is 8.27. The third kappa shape index (κ3) is 5.32. The zero-order valence-electron chi connectivity index (χ0n) is 13.2. The molecule has 1 saturated heterocycles. The first-order chi connectivity index (χ1) is 11.3. The number of carboxylic acid groups (broad SMARTS) is 1. The molecule has 8 nitrogen and oxygen atoms in total. The molecule has 0 saturated carbocycles. The maximum absolute atomic E-state index is 12.1. The molecule has 0 spiro atoms. The summed E-state index contributed by atoms with van der Waals surface area (Å²) in [5.74, 6) is -2.48. The number of hydrogen-bond donors (Lipinski definition) is 3. The van der Waals surface area contributed by atoms with Crippen LogP contribution in [0.5, 0.6) is 0 Å². The van der Waals surface area contributed by atoms with E-state index in [9.17, 15) is 19.4 Å². The lowest BCUT2D eigenvalue weighted by Crippen LogP contribution is -2.52. The fourth-order valence-electron chi connectivity index (χ4n) is 2.49. The van der Waals surface area contributed by atoms with Gasteiger partial charge in [-0.25, -0.2) is 0 Å². The van der Waals surface area contributed by atoms with E-state index in [0.717, 1.165) is 4.88 Å². The number of carbonyl (C=O) groups is 3. The predicted molar refractivity (Wildman–Crippen MR) is 87.3 cm³/mol. The summed E-state index contributed by atoms with van der Waals surface area (Å²) in [6.07, 6.45) is -1.00. The molecule has 1 aliphatic heterocycles. The molecule has 0 bridgehead atoms. The highest BCUT2D eigenvalue weighted by atomic mass is 32.1. The van der Waals surface area contributed by atoms with E-state index in [1.807, 2.05) is 17.5 Å². The van der Waals surface area contributed by atoms with Gasteiger partial charge in [-0.15, -0.1) is 11.3 Å². The van der Waals surface area contributed by atoms with Crippen molar-refractivity contribution in [2.24, 2.45) is 0 Å². The highest BCUT2D eigenvalue weighted by Crippen LogP contribution is 2.13. The third-order valence-corrected chi connectivity index (χ3v) is 4.50. The zero-order chi connectivity index (χ0) is 17.7. The van der Waals surface area contributed by atoms with Crippen LogP contribution in [0, 0.1) is 0 Å². The molecule has 3 N–H and O–H groups in total. The Balaban J connectivity index is 2.03. The number of aliphatic carboxylic acids is 1. The van der Waals surface area contributed by atoms with Crippen LogP contribution in [0.1, 0.15) is 18.2 Å². The van der Waals surface area contributed by atoms with E-state index in [4.69, 9.17) is 9.76 Å². The number of carbonyl (C=O) groups excluding carboxylic acids is 2. The van der Waals surface area contributed by atoms with Gasteiger partial charge in [0.15, 0.2) is 0 Å². The maximum atomic E-state index is 12.1. The van der Waals surface area contributed by atoms with E-state index in [2.05, 4.69) is 5.32 Å². The molecular weight excluding hydrogens is 335 g/mol. The predicted octanol–water partition coefficient (Wildman–Crippen LogP) is -0.483. The Morgan fingerprint density at radius 2 is 2.21 bits per heavy atom. The smallest absolute Gasteiger partial charge is 0.480 e. The van der Waals surface area contributed by atoms with E-state index >= 15 is 0 Å². The van der Waals surface area contributed by atoms with Gasteiger partial charge in [0.05, 0.1) is 24.9 Å². The summed E-state index contributed by atoms with van der Waals surface area (Å²) in [5.41, 5.74) is 0. The van der Waals surface area contributed by atoms with Crippen LogP contribution in [0.4, 0.5) is 0 Å². The van der Waals surface area contributed by atoms with Crippen molar-refractivity contribution in [3.05, 3.63) is 22.4 Å². The molecule has 0 aromatic carbocycles. The molecule has 2 atom stereocenters. The highest BCUT2D eigenvalue weighted by molar-refractivity contribution is 7.10. The average Bonchev–Trinajstić information content (AvgIpc) is 2.91. The first kappa shape index (κ1) is 18.4. The lowest BCUT2D eigenvalue weighted by molar-refractivity contribution is -0.140. The number of nitrogens with one attached hydrogen (secondary N) is 1. The van der Waals surface area contributed by atoms with Gasteiger partial charge in [-0.2, -0.15) is 0 Å². The molecule has 2 rings (SSSR count). The van der Waals surface area contributed by atoms with Gasteiger partial charge in [-0.3, -0.25) is 14.4 Å².